The maximum Gasteiger partial charge on any atom is 0.335 e. The van der Waals surface area contributed by atoms with Crippen LogP contribution < -0.4 is 4.74 Å². The molecule has 0 aliphatic heterocycles. The number of aromatic carboxylic acids is 1. The van der Waals surface area contributed by atoms with Gasteiger partial charge in [0.15, 0.2) is 5.78 Å². The Labute approximate surface area is 190 Å². The average molecular weight is 443 g/mol. The summed E-state index contributed by atoms with van der Waals surface area (Å²) >= 11 is 0. The zero-order chi connectivity index (χ0) is 23.8. The number of carbonyl (C=O) groups is 3. The van der Waals surface area contributed by atoms with Crippen LogP contribution in [-0.4, -0.2) is 34.5 Å². The second-order valence-corrected chi connectivity index (χ2v) is 7.58. The van der Waals surface area contributed by atoms with E-state index in [1.807, 2.05) is 0 Å². The van der Waals surface area contributed by atoms with Crippen LogP contribution in [0.5, 0.6) is 5.75 Å². The maximum atomic E-state index is 12.5. The lowest BCUT2D eigenvalue weighted by Crippen LogP contribution is -2.04. The quantitative estimate of drug-likeness (QED) is 0.282. The number of rotatable bonds is 13. The normalized spacial score (nSPS) is 10.1. The van der Waals surface area contributed by atoms with Crippen molar-refractivity contribution in [2.24, 2.45) is 0 Å². The van der Waals surface area contributed by atoms with Gasteiger partial charge in [-0.1, -0.05) is 64.0 Å². The van der Waals surface area contributed by atoms with Gasteiger partial charge in [0.2, 0.25) is 0 Å². The highest BCUT2D eigenvalue weighted by atomic mass is 16.5. The van der Waals surface area contributed by atoms with Crippen LogP contribution in [0, 0.1) is 0 Å². The van der Waals surface area contributed by atoms with E-state index in [-0.39, 0.29) is 11.3 Å². The van der Waals surface area contributed by atoms with Crippen LogP contribution in [0.15, 0.2) is 48.5 Å². The van der Waals surface area contributed by atoms with E-state index in [2.05, 4.69) is 6.92 Å². The van der Waals surface area contributed by atoms with Gasteiger partial charge in [0.25, 0.3) is 5.97 Å². The Kier molecular flexibility index (Phi) is 13.1. The Balaban J connectivity index is 0.00000118. The molecule has 0 heterocycles. The molecule has 6 nitrogen and oxygen atoms in total. The van der Waals surface area contributed by atoms with Gasteiger partial charge in [-0.3, -0.25) is 9.59 Å². The Bertz CT molecular complexity index is 838. The first-order chi connectivity index (χ1) is 15.3. The van der Waals surface area contributed by atoms with Gasteiger partial charge in [-0.15, -0.1) is 0 Å². The summed E-state index contributed by atoms with van der Waals surface area (Å²) in [5, 5.41) is 16.5. The minimum absolute atomic E-state index is 0.108. The molecule has 6 heteroatoms. The van der Waals surface area contributed by atoms with Crippen molar-refractivity contribution < 1.29 is 29.3 Å². The van der Waals surface area contributed by atoms with Crippen molar-refractivity contribution in [3.05, 3.63) is 65.2 Å². The summed E-state index contributed by atoms with van der Waals surface area (Å²) in [4.78, 5) is 32.6. The molecule has 0 aliphatic carbocycles. The Morgan fingerprint density at radius 1 is 0.750 bits per heavy atom. The second-order valence-electron chi connectivity index (χ2n) is 7.58. The first-order valence-electron chi connectivity index (χ1n) is 11.2. The van der Waals surface area contributed by atoms with Gasteiger partial charge in [-0.25, -0.2) is 4.79 Å². The number of benzene rings is 2. The van der Waals surface area contributed by atoms with Crippen LogP contribution in [0.2, 0.25) is 0 Å². The van der Waals surface area contributed by atoms with E-state index in [9.17, 15) is 9.59 Å². The molecule has 0 bridgehead atoms. The molecule has 0 saturated heterocycles. The molecule has 0 spiro atoms. The van der Waals surface area contributed by atoms with Crippen LogP contribution in [0.1, 0.15) is 91.5 Å². The third-order valence-corrected chi connectivity index (χ3v) is 4.75. The smallest absolute Gasteiger partial charge is 0.335 e. The fourth-order valence-corrected chi connectivity index (χ4v) is 3.09. The van der Waals surface area contributed by atoms with Gasteiger partial charge in [0.05, 0.1) is 12.2 Å². The zero-order valence-corrected chi connectivity index (χ0v) is 19.0. The SMILES string of the molecule is CC(=O)O.CCCCCCCCCCOc1ccc(C(=O)c2cccc(C(=O)O)c2)cc1. The van der Waals surface area contributed by atoms with Crippen LogP contribution >= 0.6 is 0 Å². The molecule has 0 fully saturated rings. The van der Waals surface area contributed by atoms with E-state index in [1.54, 1.807) is 36.4 Å². The van der Waals surface area contributed by atoms with E-state index < -0.39 is 11.9 Å². The summed E-state index contributed by atoms with van der Waals surface area (Å²) in [5.41, 5.74) is 0.991. The van der Waals surface area contributed by atoms with Gasteiger partial charge in [0, 0.05) is 18.1 Å². The molecular formula is C26H34O6. The van der Waals surface area contributed by atoms with E-state index in [0.717, 1.165) is 19.1 Å². The predicted octanol–water partition coefficient (Wildman–Crippen LogP) is 6.23. The number of carboxylic acid groups (broad SMARTS) is 2. The Morgan fingerprint density at radius 2 is 1.28 bits per heavy atom. The van der Waals surface area contributed by atoms with Gasteiger partial charge in [0.1, 0.15) is 5.75 Å². The summed E-state index contributed by atoms with van der Waals surface area (Å²) in [6, 6.07) is 13.1. The van der Waals surface area contributed by atoms with Gasteiger partial charge < -0.3 is 14.9 Å². The standard InChI is InChI=1S/C24H30O4.C2H4O2/c1-2-3-4-5-6-7-8-9-17-28-22-15-13-19(14-16-22)23(25)20-11-10-12-21(18-20)24(26)27;1-2(3)4/h10-16,18H,2-9,17H2,1H3,(H,26,27);1H3,(H,3,4). The highest BCUT2D eigenvalue weighted by molar-refractivity contribution is 6.09. The second kappa shape index (κ2) is 15.6. The fourth-order valence-electron chi connectivity index (χ4n) is 3.09. The van der Waals surface area contributed by atoms with Crippen molar-refractivity contribution in [2.45, 2.75) is 65.2 Å². The molecule has 0 unspecified atom stereocenters. The van der Waals surface area contributed by atoms with Crippen LogP contribution in [0.3, 0.4) is 0 Å². The lowest BCUT2D eigenvalue weighted by Gasteiger charge is -2.07. The topological polar surface area (TPSA) is 101 Å². The van der Waals surface area contributed by atoms with Crippen LogP contribution in [0.25, 0.3) is 0 Å². The Morgan fingerprint density at radius 3 is 1.84 bits per heavy atom. The number of aliphatic carboxylic acids is 1. The highest BCUT2D eigenvalue weighted by Crippen LogP contribution is 2.17. The summed E-state index contributed by atoms with van der Waals surface area (Å²) in [6.07, 6.45) is 10.1. The number of carboxylic acids is 2. The van der Waals surface area contributed by atoms with Gasteiger partial charge in [-0.05, 0) is 42.8 Å². The van der Waals surface area contributed by atoms with Crippen molar-refractivity contribution in [3.8, 4) is 5.75 Å². The van der Waals surface area contributed by atoms with Crippen LogP contribution in [-0.2, 0) is 4.79 Å². The van der Waals surface area contributed by atoms with E-state index in [0.29, 0.717) is 17.7 Å². The first-order valence-corrected chi connectivity index (χ1v) is 11.2. The van der Waals surface area contributed by atoms with E-state index in [1.165, 1.54) is 57.1 Å². The molecule has 174 valence electrons. The van der Waals surface area contributed by atoms with Crippen molar-refractivity contribution in [2.75, 3.05) is 6.61 Å². The first kappa shape index (κ1) is 26.9. The monoisotopic (exact) mass is 442 g/mol. The van der Waals surface area contributed by atoms with Gasteiger partial charge >= 0.3 is 5.97 Å². The zero-order valence-electron chi connectivity index (χ0n) is 19.0. The number of ether oxygens (including phenoxy) is 1. The van der Waals surface area contributed by atoms with E-state index >= 15 is 0 Å². The number of carbonyl (C=O) groups excluding carboxylic acids is 1. The molecule has 0 aromatic heterocycles. The summed E-state index contributed by atoms with van der Waals surface area (Å²) in [7, 11) is 0. The molecule has 0 saturated carbocycles. The fraction of sp³-hybridized carbons (Fsp3) is 0.423. The molecule has 0 amide bonds. The molecule has 32 heavy (non-hydrogen) atoms. The van der Waals surface area contributed by atoms with E-state index in [4.69, 9.17) is 19.7 Å². The minimum atomic E-state index is -1.04. The Hall–Kier alpha value is -3.15. The lowest BCUT2D eigenvalue weighted by molar-refractivity contribution is -0.134. The maximum absolute atomic E-state index is 12.5. The van der Waals surface area contributed by atoms with Crippen molar-refractivity contribution in [1.82, 2.24) is 0 Å². The largest absolute Gasteiger partial charge is 0.494 e. The highest BCUT2D eigenvalue weighted by Gasteiger charge is 2.12. The summed E-state index contributed by atoms with van der Waals surface area (Å²) in [6.45, 7) is 4.00. The molecule has 2 N–H and O–H groups in total. The van der Waals surface area contributed by atoms with Gasteiger partial charge in [-0.2, -0.15) is 0 Å². The molecule has 0 aliphatic rings. The summed E-state index contributed by atoms with van der Waals surface area (Å²) in [5.74, 6) is -1.32. The molecule has 2 rings (SSSR count). The third kappa shape index (κ3) is 11.3. The van der Waals surface area contributed by atoms with Crippen molar-refractivity contribution in [1.29, 1.82) is 0 Å². The lowest BCUT2D eigenvalue weighted by atomic mass is 10.0. The third-order valence-electron chi connectivity index (χ3n) is 4.75. The molecule has 0 atom stereocenters. The number of hydrogen-bond donors (Lipinski definition) is 2. The number of ketones is 1. The molecule has 0 radical (unpaired) electrons. The predicted molar refractivity (Wildman–Crippen MR) is 125 cm³/mol. The number of unbranched alkanes of at least 4 members (excludes halogenated alkanes) is 7. The van der Waals surface area contributed by atoms with Crippen molar-refractivity contribution >= 4 is 17.7 Å². The molecule has 2 aromatic rings. The number of hydrogen-bond acceptors (Lipinski definition) is 4. The molecular weight excluding hydrogens is 408 g/mol. The molecule has 2 aromatic carbocycles. The summed E-state index contributed by atoms with van der Waals surface area (Å²) < 4.78 is 5.75. The van der Waals surface area contributed by atoms with Crippen molar-refractivity contribution in [3.63, 3.8) is 0 Å². The average Bonchev–Trinajstić information content (AvgIpc) is 2.77. The van der Waals surface area contributed by atoms with Crippen LogP contribution in [0.4, 0.5) is 0 Å². The minimum Gasteiger partial charge on any atom is -0.494 e.